The molecule has 2 unspecified atom stereocenters. The van der Waals surface area contributed by atoms with Crippen LogP contribution in [0.5, 0.6) is 0 Å². The van der Waals surface area contributed by atoms with E-state index in [1.807, 2.05) is 11.8 Å². The predicted molar refractivity (Wildman–Crippen MR) is 66.6 cm³/mol. The van der Waals surface area contributed by atoms with Gasteiger partial charge in [-0.05, 0) is 51.5 Å². The third-order valence-electron chi connectivity index (χ3n) is 4.20. The van der Waals surface area contributed by atoms with E-state index in [4.69, 9.17) is 5.11 Å². The van der Waals surface area contributed by atoms with Gasteiger partial charge in [0.05, 0.1) is 5.54 Å². The number of aliphatic hydroxyl groups excluding tert-OH is 1. The molecule has 98 valence electrons. The van der Waals surface area contributed by atoms with Crippen LogP contribution in [0, 0.1) is 5.92 Å². The van der Waals surface area contributed by atoms with Gasteiger partial charge < -0.3 is 15.3 Å². The molecule has 2 N–H and O–H groups in total. The first-order chi connectivity index (χ1) is 8.15. The second kappa shape index (κ2) is 5.36. The van der Waals surface area contributed by atoms with E-state index >= 15 is 0 Å². The van der Waals surface area contributed by atoms with Crippen molar-refractivity contribution in [1.29, 1.82) is 0 Å². The van der Waals surface area contributed by atoms with Crippen LogP contribution in [0.1, 0.15) is 39.0 Å². The van der Waals surface area contributed by atoms with E-state index in [2.05, 4.69) is 5.32 Å². The van der Waals surface area contributed by atoms with Gasteiger partial charge in [-0.2, -0.15) is 0 Å². The summed E-state index contributed by atoms with van der Waals surface area (Å²) in [4.78, 5) is 14.5. The summed E-state index contributed by atoms with van der Waals surface area (Å²) in [5.74, 6) is 0.758. The minimum Gasteiger partial charge on any atom is -0.396 e. The average molecular weight is 240 g/mol. The molecule has 2 aliphatic rings. The molecule has 4 heteroatoms. The van der Waals surface area contributed by atoms with Gasteiger partial charge in [-0.25, -0.2) is 0 Å². The molecule has 4 nitrogen and oxygen atoms in total. The van der Waals surface area contributed by atoms with Crippen molar-refractivity contribution in [2.24, 2.45) is 5.92 Å². The molecule has 0 spiro atoms. The number of amides is 1. The maximum Gasteiger partial charge on any atom is 0.242 e. The lowest BCUT2D eigenvalue weighted by Crippen LogP contribution is -2.57. The van der Waals surface area contributed by atoms with Gasteiger partial charge in [-0.15, -0.1) is 0 Å². The Morgan fingerprint density at radius 2 is 2.35 bits per heavy atom. The Morgan fingerprint density at radius 1 is 1.53 bits per heavy atom. The molecule has 2 heterocycles. The van der Waals surface area contributed by atoms with Crippen LogP contribution < -0.4 is 5.32 Å². The van der Waals surface area contributed by atoms with Crippen LogP contribution in [0.3, 0.4) is 0 Å². The summed E-state index contributed by atoms with van der Waals surface area (Å²) in [5, 5.41) is 12.3. The summed E-state index contributed by atoms with van der Waals surface area (Å²) in [7, 11) is 0. The summed E-state index contributed by atoms with van der Waals surface area (Å²) >= 11 is 0. The Hall–Kier alpha value is -0.610. The normalized spacial score (nSPS) is 34.0. The van der Waals surface area contributed by atoms with Crippen molar-refractivity contribution in [2.45, 2.75) is 44.6 Å². The monoisotopic (exact) mass is 240 g/mol. The molecule has 0 radical (unpaired) electrons. The molecule has 0 aromatic rings. The first-order valence-corrected chi connectivity index (χ1v) is 6.81. The van der Waals surface area contributed by atoms with E-state index in [-0.39, 0.29) is 18.1 Å². The molecular formula is C13H24N2O2. The third kappa shape index (κ3) is 2.80. The first kappa shape index (κ1) is 12.8. The van der Waals surface area contributed by atoms with E-state index in [9.17, 15) is 4.79 Å². The Labute approximate surface area is 103 Å². The maximum atomic E-state index is 12.5. The highest BCUT2D eigenvalue weighted by molar-refractivity contribution is 5.86. The van der Waals surface area contributed by atoms with Crippen molar-refractivity contribution >= 4 is 5.91 Å². The fourth-order valence-corrected chi connectivity index (χ4v) is 3.02. The third-order valence-corrected chi connectivity index (χ3v) is 4.20. The topological polar surface area (TPSA) is 52.6 Å². The van der Waals surface area contributed by atoms with Crippen LogP contribution in [0.4, 0.5) is 0 Å². The van der Waals surface area contributed by atoms with Crippen LogP contribution in [0.15, 0.2) is 0 Å². The van der Waals surface area contributed by atoms with Gasteiger partial charge in [0.25, 0.3) is 0 Å². The molecule has 0 aromatic carbocycles. The summed E-state index contributed by atoms with van der Waals surface area (Å²) in [6.45, 7) is 4.92. The number of aliphatic hydroxyl groups is 1. The van der Waals surface area contributed by atoms with Crippen molar-refractivity contribution in [3.8, 4) is 0 Å². The molecular weight excluding hydrogens is 216 g/mol. The lowest BCUT2D eigenvalue weighted by molar-refractivity contribution is -0.137. The molecule has 0 aromatic heterocycles. The van der Waals surface area contributed by atoms with Crippen LogP contribution in [-0.4, -0.2) is 47.7 Å². The molecule has 2 rings (SSSR count). The van der Waals surface area contributed by atoms with Crippen molar-refractivity contribution in [3.63, 3.8) is 0 Å². The number of likely N-dealkylation sites (tertiary alicyclic amines) is 1. The zero-order chi connectivity index (χ0) is 12.3. The Bertz CT molecular complexity index is 275. The Kier molecular flexibility index (Phi) is 4.05. The number of rotatable bonds is 3. The lowest BCUT2D eigenvalue weighted by Gasteiger charge is -2.36. The number of carbonyl (C=O) groups excluding carboxylic acids is 1. The van der Waals surface area contributed by atoms with Gasteiger partial charge in [-0.1, -0.05) is 0 Å². The van der Waals surface area contributed by atoms with Gasteiger partial charge in [0, 0.05) is 19.7 Å². The Balaban J connectivity index is 1.91. The molecule has 0 aliphatic carbocycles. The fourth-order valence-electron chi connectivity index (χ4n) is 3.02. The molecule has 0 bridgehead atoms. The van der Waals surface area contributed by atoms with E-state index in [1.165, 1.54) is 6.42 Å². The Morgan fingerprint density at radius 3 is 3.00 bits per heavy atom. The van der Waals surface area contributed by atoms with Crippen LogP contribution >= 0.6 is 0 Å². The first-order valence-electron chi connectivity index (χ1n) is 6.81. The van der Waals surface area contributed by atoms with Crippen molar-refractivity contribution in [3.05, 3.63) is 0 Å². The summed E-state index contributed by atoms with van der Waals surface area (Å²) in [6, 6.07) is 0. The minimum absolute atomic E-state index is 0.238. The molecule has 2 saturated heterocycles. The molecule has 1 amide bonds. The highest BCUT2D eigenvalue weighted by Crippen LogP contribution is 2.26. The summed E-state index contributed by atoms with van der Waals surface area (Å²) in [5.41, 5.74) is -0.341. The fraction of sp³-hybridized carbons (Fsp3) is 0.923. The molecule has 17 heavy (non-hydrogen) atoms. The highest BCUT2D eigenvalue weighted by Gasteiger charge is 2.39. The zero-order valence-electron chi connectivity index (χ0n) is 10.7. The molecule has 2 fully saturated rings. The number of hydrogen-bond acceptors (Lipinski definition) is 3. The quantitative estimate of drug-likeness (QED) is 0.765. The van der Waals surface area contributed by atoms with Gasteiger partial charge in [0.1, 0.15) is 0 Å². The second-order valence-corrected chi connectivity index (χ2v) is 5.63. The summed E-state index contributed by atoms with van der Waals surface area (Å²) in [6.07, 6.45) is 5.14. The smallest absolute Gasteiger partial charge is 0.242 e. The number of nitrogens with zero attached hydrogens (tertiary/aromatic N) is 1. The predicted octanol–water partition coefficient (Wildman–Crippen LogP) is 0.749. The second-order valence-electron chi connectivity index (χ2n) is 5.63. The van der Waals surface area contributed by atoms with Crippen molar-refractivity contribution in [2.75, 3.05) is 26.2 Å². The van der Waals surface area contributed by atoms with Crippen molar-refractivity contribution in [1.82, 2.24) is 10.2 Å². The van der Waals surface area contributed by atoms with E-state index in [1.54, 1.807) is 0 Å². The lowest BCUT2D eigenvalue weighted by atomic mass is 9.89. The number of hydrogen-bond donors (Lipinski definition) is 2. The van der Waals surface area contributed by atoms with E-state index in [0.29, 0.717) is 5.92 Å². The zero-order valence-corrected chi connectivity index (χ0v) is 10.7. The highest BCUT2D eigenvalue weighted by atomic mass is 16.3. The van der Waals surface area contributed by atoms with Crippen molar-refractivity contribution < 1.29 is 9.90 Å². The van der Waals surface area contributed by atoms with Crippen LogP contribution in [0.2, 0.25) is 0 Å². The van der Waals surface area contributed by atoms with Gasteiger partial charge in [-0.3, -0.25) is 4.79 Å². The molecule has 2 aliphatic heterocycles. The largest absolute Gasteiger partial charge is 0.396 e. The van der Waals surface area contributed by atoms with E-state index in [0.717, 1.165) is 45.3 Å². The number of piperidine rings is 1. The van der Waals surface area contributed by atoms with Gasteiger partial charge in [0.15, 0.2) is 0 Å². The van der Waals surface area contributed by atoms with Gasteiger partial charge in [0.2, 0.25) is 5.91 Å². The standard InChI is InChI=1S/C13H24N2O2/c1-13(6-2-3-7-14-13)12(17)15-8-4-11(10-15)5-9-16/h11,14,16H,2-10H2,1H3. The van der Waals surface area contributed by atoms with Crippen LogP contribution in [-0.2, 0) is 4.79 Å². The van der Waals surface area contributed by atoms with E-state index < -0.39 is 0 Å². The SMILES string of the molecule is CC1(C(=O)N2CCC(CCO)C2)CCCCN1. The van der Waals surface area contributed by atoms with Crippen LogP contribution in [0.25, 0.3) is 0 Å². The maximum absolute atomic E-state index is 12.5. The number of carbonyl (C=O) groups is 1. The van der Waals surface area contributed by atoms with Gasteiger partial charge >= 0.3 is 0 Å². The number of nitrogens with one attached hydrogen (secondary N) is 1. The molecule has 2 atom stereocenters. The average Bonchev–Trinajstić information content (AvgIpc) is 2.78. The minimum atomic E-state index is -0.341. The molecule has 0 saturated carbocycles. The summed E-state index contributed by atoms with van der Waals surface area (Å²) < 4.78 is 0.